The van der Waals surface area contributed by atoms with Crippen LogP contribution in [0.2, 0.25) is 0 Å². The van der Waals surface area contributed by atoms with Crippen LogP contribution in [0.25, 0.3) is 0 Å². The number of aryl methyl sites for hydroxylation is 1. The molecule has 0 bridgehead atoms. The Hall–Kier alpha value is -0.800. The molecule has 0 spiro atoms. The molecule has 2 N–H and O–H groups in total. The molecule has 0 aliphatic heterocycles. The molecular formula is C13H22N2O. The van der Waals surface area contributed by atoms with Gasteiger partial charge in [-0.05, 0) is 43.9 Å². The molecule has 1 aliphatic rings. The third kappa shape index (κ3) is 2.86. The van der Waals surface area contributed by atoms with Gasteiger partial charge in [0.1, 0.15) is 0 Å². The first-order chi connectivity index (χ1) is 7.79. The van der Waals surface area contributed by atoms with Crippen LogP contribution in [-0.2, 0) is 13.1 Å². The lowest BCUT2D eigenvalue weighted by molar-refractivity contribution is 0.0429. The molecule has 0 saturated heterocycles. The van der Waals surface area contributed by atoms with Crippen molar-refractivity contribution in [2.75, 3.05) is 6.54 Å². The second-order valence-corrected chi connectivity index (χ2v) is 4.82. The highest BCUT2D eigenvalue weighted by Gasteiger charge is 2.26. The topological polar surface area (TPSA) is 37.2 Å². The van der Waals surface area contributed by atoms with Gasteiger partial charge in [0, 0.05) is 25.0 Å². The number of hydrogen-bond donors (Lipinski definition) is 2. The van der Waals surface area contributed by atoms with Gasteiger partial charge in [-0.1, -0.05) is 6.92 Å². The summed E-state index contributed by atoms with van der Waals surface area (Å²) >= 11 is 0. The molecule has 0 amide bonds. The SMILES string of the molecule is CCCn1cccc1CNCC1CC(O)C1. The third-order valence-electron chi connectivity index (χ3n) is 3.34. The van der Waals surface area contributed by atoms with Crippen molar-refractivity contribution < 1.29 is 5.11 Å². The molecule has 1 heterocycles. The Bertz CT molecular complexity index is 315. The average Bonchev–Trinajstić information content (AvgIpc) is 2.64. The third-order valence-corrected chi connectivity index (χ3v) is 3.34. The van der Waals surface area contributed by atoms with Gasteiger partial charge in [0.15, 0.2) is 0 Å². The predicted octanol–water partition coefficient (Wildman–Crippen LogP) is 1.76. The monoisotopic (exact) mass is 222 g/mol. The van der Waals surface area contributed by atoms with Gasteiger partial charge in [-0.2, -0.15) is 0 Å². The molecule has 0 radical (unpaired) electrons. The van der Waals surface area contributed by atoms with E-state index in [0.29, 0.717) is 5.92 Å². The lowest BCUT2D eigenvalue weighted by Gasteiger charge is -2.31. The lowest BCUT2D eigenvalue weighted by atomic mass is 9.82. The zero-order valence-corrected chi connectivity index (χ0v) is 10.0. The largest absolute Gasteiger partial charge is 0.393 e. The highest BCUT2D eigenvalue weighted by molar-refractivity contribution is 5.06. The van der Waals surface area contributed by atoms with Crippen LogP contribution >= 0.6 is 0 Å². The minimum Gasteiger partial charge on any atom is -0.393 e. The predicted molar refractivity (Wildman–Crippen MR) is 65.2 cm³/mol. The number of aliphatic hydroxyl groups excluding tert-OH is 1. The van der Waals surface area contributed by atoms with E-state index in [1.165, 1.54) is 12.1 Å². The summed E-state index contributed by atoms with van der Waals surface area (Å²) in [5, 5.41) is 12.7. The number of hydrogen-bond acceptors (Lipinski definition) is 2. The minimum atomic E-state index is -0.0317. The van der Waals surface area contributed by atoms with Crippen LogP contribution in [0, 0.1) is 5.92 Å². The van der Waals surface area contributed by atoms with E-state index in [-0.39, 0.29) is 6.10 Å². The molecule has 0 atom stereocenters. The Labute approximate surface area is 97.5 Å². The van der Waals surface area contributed by atoms with E-state index >= 15 is 0 Å². The molecule has 0 unspecified atom stereocenters. The summed E-state index contributed by atoms with van der Waals surface area (Å²) in [7, 11) is 0. The van der Waals surface area contributed by atoms with Gasteiger partial charge in [0.25, 0.3) is 0 Å². The maximum Gasteiger partial charge on any atom is 0.0546 e. The summed E-state index contributed by atoms with van der Waals surface area (Å²) in [5.74, 6) is 0.685. The van der Waals surface area contributed by atoms with Crippen molar-refractivity contribution in [3.05, 3.63) is 24.0 Å². The van der Waals surface area contributed by atoms with Crippen LogP contribution < -0.4 is 5.32 Å². The number of rotatable bonds is 6. The van der Waals surface area contributed by atoms with Gasteiger partial charge in [-0.15, -0.1) is 0 Å². The molecule has 1 aromatic rings. The van der Waals surface area contributed by atoms with Gasteiger partial charge >= 0.3 is 0 Å². The van der Waals surface area contributed by atoms with E-state index in [1.54, 1.807) is 0 Å². The molecular weight excluding hydrogens is 200 g/mol. The maximum atomic E-state index is 9.18. The van der Waals surface area contributed by atoms with Crippen molar-refractivity contribution in [2.24, 2.45) is 5.92 Å². The fourth-order valence-corrected chi connectivity index (χ4v) is 2.34. The van der Waals surface area contributed by atoms with Crippen molar-refractivity contribution in [1.29, 1.82) is 0 Å². The van der Waals surface area contributed by atoms with Gasteiger partial charge in [-0.3, -0.25) is 0 Å². The fraction of sp³-hybridized carbons (Fsp3) is 0.692. The van der Waals surface area contributed by atoms with E-state index in [1.807, 2.05) is 0 Å². The Balaban J connectivity index is 1.70. The van der Waals surface area contributed by atoms with Crippen molar-refractivity contribution in [1.82, 2.24) is 9.88 Å². The van der Waals surface area contributed by atoms with Crippen molar-refractivity contribution in [3.8, 4) is 0 Å². The van der Waals surface area contributed by atoms with E-state index in [0.717, 1.165) is 32.5 Å². The van der Waals surface area contributed by atoms with Crippen LogP contribution in [0.5, 0.6) is 0 Å². The molecule has 2 rings (SSSR count). The minimum absolute atomic E-state index is 0.0317. The van der Waals surface area contributed by atoms with Gasteiger partial charge in [-0.25, -0.2) is 0 Å². The second kappa shape index (κ2) is 5.51. The van der Waals surface area contributed by atoms with E-state index < -0.39 is 0 Å². The number of aromatic nitrogens is 1. The van der Waals surface area contributed by atoms with Crippen molar-refractivity contribution >= 4 is 0 Å². The molecule has 16 heavy (non-hydrogen) atoms. The summed E-state index contributed by atoms with van der Waals surface area (Å²) in [5.41, 5.74) is 1.36. The smallest absolute Gasteiger partial charge is 0.0546 e. The van der Waals surface area contributed by atoms with Crippen LogP contribution in [0.1, 0.15) is 31.9 Å². The van der Waals surface area contributed by atoms with Crippen LogP contribution in [0.15, 0.2) is 18.3 Å². The number of nitrogens with zero attached hydrogens (tertiary/aromatic N) is 1. The van der Waals surface area contributed by atoms with E-state index in [9.17, 15) is 5.11 Å². The second-order valence-electron chi connectivity index (χ2n) is 4.82. The molecule has 1 fully saturated rings. The fourth-order valence-electron chi connectivity index (χ4n) is 2.34. The molecule has 1 saturated carbocycles. The van der Waals surface area contributed by atoms with Crippen LogP contribution in [0.3, 0.4) is 0 Å². The number of nitrogens with one attached hydrogen (secondary N) is 1. The summed E-state index contributed by atoms with van der Waals surface area (Å²) in [6, 6.07) is 4.29. The highest BCUT2D eigenvalue weighted by Crippen LogP contribution is 2.26. The molecule has 0 aromatic carbocycles. The molecule has 90 valence electrons. The van der Waals surface area contributed by atoms with Gasteiger partial charge < -0.3 is 15.0 Å². The Kier molecular flexibility index (Phi) is 4.02. The van der Waals surface area contributed by atoms with Gasteiger partial charge in [0.05, 0.1) is 6.10 Å². The first-order valence-electron chi connectivity index (χ1n) is 6.32. The van der Waals surface area contributed by atoms with Gasteiger partial charge in [0.2, 0.25) is 0 Å². The highest BCUT2D eigenvalue weighted by atomic mass is 16.3. The Morgan fingerprint density at radius 2 is 2.31 bits per heavy atom. The van der Waals surface area contributed by atoms with E-state index in [2.05, 4.69) is 35.1 Å². The van der Waals surface area contributed by atoms with Crippen LogP contribution in [-0.4, -0.2) is 22.3 Å². The summed E-state index contributed by atoms with van der Waals surface area (Å²) in [4.78, 5) is 0. The molecule has 1 aromatic heterocycles. The first-order valence-corrected chi connectivity index (χ1v) is 6.32. The van der Waals surface area contributed by atoms with E-state index in [4.69, 9.17) is 0 Å². The average molecular weight is 222 g/mol. The Morgan fingerprint density at radius 3 is 3.00 bits per heavy atom. The summed E-state index contributed by atoms with van der Waals surface area (Å²) in [6.07, 6.45) is 5.24. The maximum absolute atomic E-state index is 9.18. The Morgan fingerprint density at radius 1 is 1.50 bits per heavy atom. The zero-order chi connectivity index (χ0) is 11.4. The van der Waals surface area contributed by atoms with Crippen molar-refractivity contribution in [2.45, 2.75) is 45.4 Å². The standard InChI is InChI=1S/C13H22N2O/c1-2-5-15-6-3-4-12(15)10-14-9-11-7-13(16)8-11/h3-4,6,11,13-14,16H,2,5,7-10H2,1H3. The summed E-state index contributed by atoms with van der Waals surface area (Å²) < 4.78 is 2.31. The van der Waals surface area contributed by atoms with Crippen molar-refractivity contribution in [3.63, 3.8) is 0 Å². The normalized spacial score (nSPS) is 24.4. The molecule has 3 nitrogen and oxygen atoms in total. The zero-order valence-electron chi connectivity index (χ0n) is 10.0. The first kappa shape index (κ1) is 11.7. The quantitative estimate of drug-likeness (QED) is 0.769. The summed E-state index contributed by atoms with van der Waals surface area (Å²) in [6.45, 7) is 5.28. The lowest BCUT2D eigenvalue weighted by Crippen LogP contribution is -2.36. The molecule has 1 aliphatic carbocycles. The van der Waals surface area contributed by atoms with Crippen LogP contribution in [0.4, 0.5) is 0 Å². The molecule has 3 heteroatoms. The number of aliphatic hydroxyl groups is 1.